The predicted octanol–water partition coefficient (Wildman–Crippen LogP) is 1.96. The van der Waals surface area contributed by atoms with Crippen molar-refractivity contribution in [3.8, 4) is 0 Å². The number of carbonyl (C=O) groups is 1. The van der Waals surface area contributed by atoms with E-state index in [1.807, 2.05) is 0 Å². The van der Waals surface area contributed by atoms with Crippen LogP contribution < -0.4 is 5.32 Å². The predicted molar refractivity (Wildman–Crippen MR) is 63.0 cm³/mol. The molecule has 0 radical (unpaired) electrons. The fourth-order valence-corrected chi connectivity index (χ4v) is 3.20. The molecule has 1 spiro atoms. The van der Waals surface area contributed by atoms with Crippen molar-refractivity contribution in [1.82, 2.24) is 5.32 Å². The summed E-state index contributed by atoms with van der Waals surface area (Å²) in [5.41, 5.74) is 0.0407. The summed E-state index contributed by atoms with van der Waals surface area (Å²) in [7, 11) is 0. The standard InChI is InChI=1S/C13H23NO2/c1-9(2)10(3)11-8-12(15)14-13(11)4-6-16-7-5-13/h9-11H,4-8H2,1-3H3,(H,14,15). The monoisotopic (exact) mass is 225 g/mol. The Morgan fingerprint density at radius 2 is 1.94 bits per heavy atom. The van der Waals surface area contributed by atoms with E-state index in [-0.39, 0.29) is 11.4 Å². The topological polar surface area (TPSA) is 38.3 Å². The van der Waals surface area contributed by atoms with Crippen molar-refractivity contribution in [2.75, 3.05) is 13.2 Å². The molecule has 3 nitrogen and oxygen atoms in total. The summed E-state index contributed by atoms with van der Waals surface area (Å²) in [6.45, 7) is 8.37. The number of ether oxygens (including phenoxy) is 1. The number of hydrogen-bond acceptors (Lipinski definition) is 2. The zero-order chi connectivity index (χ0) is 11.8. The van der Waals surface area contributed by atoms with Gasteiger partial charge in [0.25, 0.3) is 0 Å². The summed E-state index contributed by atoms with van der Waals surface area (Å²) >= 11 is 0. The number of rotatable bonds is 2. The second-order valence-electron chi connectivity index (χ2n) is 5.73. The van der Waals surface area contributed by atoms with E-state index < -0.39 is 0 Å². The summed E-state index contributed by atoms with van der Waals surface area (Å²) in [6, 6.07) is 0. The van der Waals surface area contributed by atoms with Gasteiger partial charge in [0, 0.05) is 25.2 Å². The van der Waals surface area contributed by atoms with E-state index in [1.165, 1.54) is 0 Å². The average molecular weight is 225 g/mol. The van der Waals surface area contributed by atoms with Crippen LogP contribution in [0.25, 0.3) is 0 Å². The van der Waals surface area contributed by atoms with E-state index in [0.717, 1.165) is 26.1 Å². The molecule has 3 heteroatoms. The van der Waals surface area contributed by atoms with Crippen LogP contribution in [0.3, 0.4) is 0 Å². The first-order valence-corrected chi connectivity index (χ1v) is 6.44. The van der Waals surface area contributed by atoms with Gasteiger partial charge < -0.3 is 10.1 Å². The van der Waals surface area contributed by atoms with Crippen molar-refractivity contribution in [3.63, 3.8) is 0 Å². The maximum atomic E-state index is 11.7. The van der Waals surface area contributed by atoms with Crippen LogP contribution >= 0.6 is 0 Å². The Morgan fingerprint density at radius 1 is 1.31 bits per heavy atom. The first kappa shape index (κ1) is 11.9. The third-order valence-electron chi connectivity index (χ3n) is 4.57. The molecule has 2 fully saturated rings. The molecule has 2 rings (SSSR count). The minimum atomic E-state index is 0.0407. The fraction of sp³-hybridized carbons (Fsp3) is 0.923. The summed E-state index contributed by atoms with van der Waals surface area (Å²) in [5.74, 6) is 1.96. The second kappa shape index (κ2) is 4.36. The Morgan fingerprint density at radius 3 is 2.50 bits per heavy atom. The first-order valence-electron chi connectivity index (χ1n) is 6.44. The molecule has 0 saturated carbocycles. The highest BCUT2D eigenvalue weighted by Crippen LogP contribution is 2.42. The minimum Gasteiger partial charge on any atom is -0.381 e. The van der Waals surface area contributed by atoms with Crippen molar-refractivity contribution < 1.29 is 9.53 Å². The highest BCUT2D eigenvalue weighted by molar-refractivity contribution is 5.80. The molecule has 2 saturated heterocycles. The van der Waals surface area contributed by atoms with Crippen LogP contribution in [-0.2, 0) is 9.53 Å². The number of carbonyl (C=O) groups excluding carboxylic acids is 1. The van der Waals surface area contributed by atoms with E-state index in [0.29, 0.717) is 24.2 Å². The van der Waals surface area contributed by atoms with E-state index in [9.17, 15) is 4.79 Å². The molecule has 0 bridgehead atoms. The SMILES string of the molecule is CC(C)C(C)C1CC(=O)NC12CCOCC2. The summed E-state index contributed by atoms with van der Waals surface area (Å²) in [5, 5.41) is 3.24. The third-order valence-corrected chi connectivity index (χ3v) is 4.57. The van der Waals surface area contributed by atoms with Crippen LogP contribution in [0.15, 0.2) is 0 Å². The Kier molecular flexibility index (Phi) is 3.24. The molecule has 0 aliphatic carbocycles. The largest absolute Gasteiger partial charge is 0.381 e. The lowest BCUT2D eigenvalue weighted by molar-refractivity contribution is -0.120. The van der Waals surface area contributed by atoms with E-state index in [2.05, 4.69) is 26.1 Å². The zero-order valence-corrected chi connectivity index (χ0v) is 10.6. The van der Waals surface area contributed by atoms with Gasteiger partial charge in [0.1, 0.15) is 0 Å². The van der Waals surface area contributed by atoms with E-state index >= 15 is 0 Å². The highest BCUT2D eigenvalue weighted by atomic mass is 16.5. The van der Waals surface area contributed by atoms with Gasteiger partial charge in [0.2, 0.25) is 5.91 Å². The highest BCUT2D eigenvalue weighted by Gasteiger charge is 2.49. The Balaban J connectivity index is 2.17. The van der Waals surface area contributed by atoms with Crippen molar-refractivity contribution in [2.24, 2.45) is 17.8 Å². The molecule has 0 aromatic rings. The molecule has 2 atom stereocenters. The maximum Gasteiger partial charge on any atom is 0.220 e. The van der Waals surface area contributed by atoms with Gasteiger partial charge in [-0.15, -0.1) is 0 Å². The van der Waals surface area contributed by atoms with Gasteiger partial charge >= 0.3 is 0 Å². The molecule has 16 heavy (non-hydrogen) atoms. The number of amides is 1. The normalized spacial score (nSPS) is 30.8. The van der Waals surface area contributed by atoms with Gasteiger partial charge in [-0.05, 0) is 30.6 Å². The van der Waals surface area contributed by atoms with Crippen LogP contribution in [-0.4, -0.2) is 24.7 Å². The molecule has 92 valence electrons. The van der Waals surface area contributed by atoms with Gasteiger partial charge in [-0.3, -0.25) is 4.79 Å². The lowest BCUT2D eigenvalue weighted by Crippen LogP contribution is -2.52. The number of nitrogens with one attached hydrogen (secondary N) is 1. The first-order chi connectivity index (χ1) is 7.55. The van der Waals surface area contributed by atoms with Crippen LogP contribution in [0.2, 0.25) is 0 Å². The van der Waals surface area contributed by atoms with Crippen molar-refractivity contribution >= 4 is 5.91 Å². The Bertz CT molecular complexity index is 269. The van der Waals surface area contributed by atoms with Crippen LogP contribution in [0, 0.1) is 17.8 Å². The van der Waals surface area contributed by atoms with Crippen molar-refractivity contribution in [3.05, 3.63) is 0 Å². The van der Waals surface area contributed by atoms with Crippen LogP contribution in [0.4, 0.5) is 0 Å². The molecule has 2 heterocycles. The van der Waals surface area contributed by atoms with E-state index in [4.69, 9.17) is 4.74 Å². The zero-order valence-electron chi connectivity index (χ0n) is 10.6. The van der Waals surface area contributed by atoms with Gasteiger partial charge in [-0.1, -0.05) is 20.8 Å². The maximum absolute atomic E-state index is 11.7. The summed E-state index contributed by atoms with van der Waals surface area (Å²) < 4.78 is 5.43. The summed E-state index contributed by atoms with van der Waals surface area (Å²) in [6.07, 6.45) is 2.68. The molecule has 2 aliphatic heterocycles. The minimum absolute atomic E-state index is 0.0407. The van der Waals surface area contributed by atoms with E-state index in [1.54, 1.807) is 0 Å². The van der Waals surface area contributed by atoms with Crippen molar-refractivity contribution in [2.45, 2.75) is 45.6 Å². The van der Waals surface area contributed by atoms with Crippen LogP contribution in [0.5, 0.6) is 0 Å². The lowest BCUT2D eigenvalue weighted by atomic mass is 9.70. The smallest absolute Gasteiger partial charge is 0.220 e. The Hall–Kier alpha value is -0.570. The fourth-order valence-electron chi connectivity index (χ4n) is 3.20. The molecular weight excluding hydrogens is 202 g/mol. The molecule has 1 amide bonds. The van der Waals surface area contributed by atoms with Crippen molar-refractivity contribution in [1.29, 1.82) is 0 Å². The van der Waals surface area contributed by atoms with Gasteiger partial charge in [0.15, 0.2) is 0 Å². The Labute approximate surface area is 97.9 Å². The summed E-state index contributed by atoms with van der Waals surface area (Å²) in [4.78, 5) is 11.7. The molecular formula is C13H23NO2. The van der Waals surface area contributed by atoms with Gasteiger partial charge in [0.05, 0.1) is 0 Å². The molecule has 0 aromatic heterocycles. The average Bonchev–Trinajstić information content (AvgIpc) is 2.55. The number of hydrogen-bond donors (Lipinski definition) is 1. The van der Waals surface area contributed by atoms with Gasteiger partial charge in [-0.2, -0.15) is 0 Å². The second-order valence-corrected chi connectivity index (χ2v) is 5.73. The van der Waals surface area contributed by atoms with Gasteiger partial charge in [-0.25, -0.2) is 0 Å². The lowest BCUT2D eigenvalue weighted by Gasteiger charge is -2.42. The van der Waals surface area contributed by atoms with Crippen LogP contribution in [0.1, 0.15) is 40.0 Å². The molecule has 1 N–H and O–H groups in total. The molecule has 0 aromatic carbocycles. The quantitative estimate of drug-likeness (QED) is 0.780. The molecule has 2 unspecified atom stereocenters. The third kappa shape index (κ3) is 1.97. The molecule has 2 aliphatic rings.